The summed E-state index contributed by atoms with van der Waals surface area (Å²) in [5.74, 6) is 0.171. The van der Waals surface area contributed by atoms with Crippen LogP contribution in [0.2, 0.25) is 0 Å². The van der Waals surface area contributed by atoms with Crippen molar-refractivity contribution in [2.45, 2.75) is 46.1 Å². The Morgan fingerprint density at radius 2 is 2.04 bits per heavy atom. The average molecular weight is 362 g/mol. The van der Waals surface area contributed by atoms with Crippen LogP contribution in [0.4, 0.5) is 4.39 Å². The van der Waals surface area contributed by atoms with Gasteiger partial charge in [0, 0.05) is 45.1 Å². The fourth-order valence-electron chi connectivity index (χ4n) is 4.56. The van der Waals surface area contributed by atoms with Crippen LogP contribution in [0.25, 0.3) is 0 Å². The summed E-state index contributed by atoms with van der Waals surface area (Å²) in [6.07, 6.45) is 3.91. The number of aryl methyl sites for hydroxylation is 1. The van der Waals surface area contributed by atoms with Crippen LogP contribution in [-0.4, -0.2) is 55.6 Å². The fraction of sp³-hybridized carbons (Fsp3) is 0.667. The lowest BCUT2D eigenvalue weighted by atomic mass is 9.73. The van der Waals surface area contributed by atoms with Gasteiger partial charge in [-0.1, -0.05) is 12.1 Å². The Balaban J connectivity index is 1.69. The predicted octanol–water partition coefficient (Wildman–Crippen LogP) is 3.29. The minimum atomic E-state index is -0.0803. The summed E-state index contributed by atoms with van der Waals surface area (Å²) < 4.78 is 19.4. The maximum absolute atomic E-state index is 14.2. The number of carbonyl (C=O) groups is 1. The zero-order chi connectivity index (χ0) is 18.7. The highest BCUT2D eigenvalue weighted by Gasteiger charge is 2.41. The molecule has 0 bridgehead atoms. The SMILES string of the molecule is COCCN1C[C@]2(CCCN(Cc3ccc(C)c(F)c3C)C2)CCC1=O. The summed E-state index contributed by atoms with van der Waals surface area (Å²) in [4.78, 5) is 16.7. The van der Waals surface area contributed by atoms with E-state index in [1.165, 1.54) is 6.42 Å². The molecule has 4 nitrogen and oxygen atoms in total. The van der Waals surface area contributed by atoms with E-state index in [2.05, 4.69) is 11.0 Å². The molecule has 2 aliphatic rings. The van der Waals surface area contributed by atoms with Gasteiger partial charge in [-0.3, -0.25) is 9.69 Å². The Morgan fingerprint density at radius 3 is 2.81 bits per heavy atom. The zero-order valence-electron chi connectivity index (χ0n) is 16.3. The topological polar surface area (TPSA) is 32.8 Å². The Morgan fingerprint density at radius 1 is 1.23 bits per heavy atom. The number of likely N-dealkylation sites (tertiary alicyclic amines) is 2. The third-order valence-corrected chi connectivity index (χ3v) is 6.14. The summed E-state index contributed by atoms with van der Waals surface area (Å²) in [5.41, 5.74) is 2.73. The molecule has 5 heteroatoms. The molecule has 0 radical (unpaired) electrons. The van der Waals surface area contributed by atoms with Crippen LogP contribution in [-0.2, 0) is 16.1 Å². The van der Waals surface area contributed by atoms with E-state index in [1.54, 1.807) is 7.11 Å². The molecule has 1 spiro atoms. The predicted molar refractivity (Wildman–Crippen MR) is 101 cm³/mol. The van der Waals surface area contributed by atoms with Crippen LogP contribution in [0.15, 0.2) is 12.1 Å². The first kappa shape index (κ1) is 19.3. The second-order valence-corrected chi connectivity index (χ2v) is 8.10. The fourth-order valence-corrected chi connectivity index (χ4v) is 4.56. The third kappa shape index (κ3) is 4.09. The molecule has 2 fully saturated rings. The van der Waals surface area contributed by atoms with Gasteiger partial charge in [0.25, 0.3) is 0 Å². The molecule has 1 aromatic carbocycles. The molecule has 2 aliphatic heterocycles. The molecule has 1 aromatic rings. The quantitative estimate of drug-likeness (QED) is 0.806. The molecule has 0 unspecified atom stereocenters. The van der Waals surface area contributed by atoms with Gasteiger partial charge in [0.1, 0.15) is 5.82 Å². The first-order valence-corrected chi connectivity index (χ1v) is 9.68. The van der Waals surface area contributed by atoms with Gasteiger partial charge >= 0.3 is 0 Å². The third-order valence-electron chi connectivity index (χ3n) is 6.14. The van der Waals surface area contributed by atoms with Crippen molar-refractivity contribution in [3.8, 4) is 0 Å². The van der Waals surface area contributed by atoms with Crippen LogP contribution < -0.4 is 0 Å². The van der Waals surface area contributed by atoms with E-state index in [4.69, 9.17) is 4.74 Å². The normalized spacial score (nSPS) is 24.5. The van der Waals surface area contributed by atoms with Gasteiger partial charge in [0.15, 0.2) is 0 Å². The lowest BCUT2D eigenvalue weighted by Gasteiger charge is -2.48. The van der Waals surface area contributed by atoms with E-state index in [9.17, 15) is 9.18 Å². The van der Waals surface area contributed by atoms with Crippen molar-refractivity contribution in [1.29, 1.82) is 0 Å². The second-order valence-electron chi connectivity index (χ2n) is 8.10. The number of benzene rings is 1. The van der Waals surface area contributed by atoms with Crippen molar-refractivity contribution in [2.75, 3.05) is 39.9 Å². The largest absolute Gasteiger partial charge is 0.383 e. The molecular formula is C21H31FN2O2. The number of halogens is 1. The van der Waals surface area contributed by atoms with Crippen molar-refractivity contribution in [1.82, 2.24) is 9.80 Å². The van der Waals surface area contributed by atoms with Gasteiger partial charge in [-0.15, -0.1) is 0 Å². The molecule has 0 aromatic heterocycles. The molecule has 1 amide bonds. The van der Waals surface area contributed by atoms with Crippen LogP contribution in [0.5, 0.6) is 0 Å². The van der Waals surface area contributed by atoms with E-state index in [-0.39, 0.29) is 17.1 Å². The molecule has 26 heavy (non-hydrogen) atoms. The molecule has 144 valence electrons. The van der Waals surface area contributed by atoms with E-state index in [1.807, 2.05) is 24.8 Å². The molecule has 0 N–H and O–H groups in total. The number of amides is 1. The van der Waals surface area contributed by atoms with E-state index in [0.717, 1.165) is 50.1 Å². The van der Waals surface area contributed by atoms with Crippen LogP contribution in [0, 0.1) is 25.1 Å². The Hall–Kier alpha value is -1.46. The number of ether oxygens (including phenoxy) is 1. The van der Waals surface area contributed by atoms with Crippen LogP contribution >= 0.6 is 0 Å². The van der Waals surface area contributed by atoms with Gasteiger partial charge in [-0.05, 0) is 56.3 Å². The number of rotatable bonds is 5. The maximum atomic E-state index is 14.2. The molecule has 2 heterocycles. The second kappa shape index (κ2) is 8.05. The van der Waals surface area contributed by atoms with Gasteiger partial charge in [0.05, 0.1) is 6.61 Å². The number of carbonyl (C=O) groups excluding carboxylic acids is 1. The Bertz CT molecular complexity index is 664. The number of hydrogen-bond donors (Lipinski definition) is 0. The zero-order valence-corrected chi connectivity index (χ0v) is 16.3. The van der Waals surface area contributed by atoms with Crippen LogP contribution in [0.1, 0.15) is 42.4 Å². The minimum Gasteiger partial charge on any atom is -0.383 e. The van der Waals surface area contributed by atoms with E-state index in [0.29, 0.717) is 25.1 Å². The van der Waals surface area contributed by atoms with Crippen molar-refractivity contribution in [3.63, 3.8) is 0 Å². The van der Waals surface area contributed by atoms with E-state index < -0.39 is 0 Å². The Kier molecular flexibility index (Phi) is 5.98. The highest BCUT2D eigenvalue weighted by Crippen LogP contribution is 2.39. The summed E-state index contributed by atoms with van der Waals surface area (Å²) in [6, 6.07) is 3.94. The smallest absolute Gasteiger partial charge is 0.222 e. The summed E-state index contributed by atoms with van der Waals surface area (Å²) >= 11 is 0. The Labute approximate surface area is 156 Å². The molecule has 2 saturated heterocycles. The highest BCUT2D eigenvalue weighted by atomic mass is 19.1. The molecule has 3 rings (SSSR count). The monoisotopic (exact) mass is 362 g/mol. The van der Waals surface area contributed by atoms with Gasteiger partial charge < -0.3 is 9.64 Å². The van der Waals surface area contributed by atoms with Crippen molar-refractivity contribution in [3.05, 3.63) is 34.6 Å². The first-order valence-electron chi connectivity index (χ1n) is 9.68. The van der Waals surface area contributed by atoms with Crippen molar-refractivity contribution >= 4 is 5.91 Å². The van der Waals surface area contributed by atoms with Crippen LogP contribution in [0.3, 0.4) is 0 Å². The van der Waals surface area contributed by atoms with Gasteiger partial charge in [-0.2, -0.15) is 0 Å². The summed E-state index contributed by atoms with van der Waals surface area (Å²) in [5, 5.41) is 0. The number of methoxy groups -OCH3 is 1. The van der Waals surface area contributed by atoms with Crippen molar-refractivity contribution < 1.29 is 13.9 Å². The molecule has 0 aliphatic carbocycles. The summed E-state index contributed by atoms with van der Waals surface area (Å²) in [7, 11) is 1.68. The highest BCUT2D eigenvalue weighted by molar-refractivity contribution is 5.77. The van der Waals surface area contributed by atoms with Crippen molar-refractivity contribution in [2.24, 2.45) is 5.41 Å². The standard InChI is InChI=1S/C21H31FN2O2/c1-16-5-6-18(17(2)20(16)22)13-23-10-4-8-21(14-23)9-7-19(25)24(15-21)11-12-26-3/h5-6H,4,7-15H2,1-3H3/t21-/m1/s1. The minimum absolute atomic E-state index is 0.0803. The average Bonchev–Trinajstić information content (AvgIpc) is 2.63. The van der Waals surface area contributed by atoms with E-state index >= 15 is 0 Å². The first-order chi connectivity index (χ1) is 12.4. The lowest BCUT2D eigenvalue weighted by molar-refractivity contribution is -0.140. The number of hydrogen-bond acceptors (Lipinski definition) is 3. The number of nitrogens with zero attached hydrogens (tertiary/aromatic N) is 2. The lowest BCUT2D eigenvalue weighted by Crippen LogP contribution is -2.54. The molecular weight excluding hydrogens is 331 g/mol. The van der Waals surface area contributed by atoms with Gasteiger partial charge in [-0.25, -0.2) is 4.39 Å². The summed E-state index contributed by atoms with van der Waals surface area (Å²) in [6.45, 7) is 8.61. The van der Waals surface area contributed by atoms with Gasteiger partial charge in [0.2, 0.25) is 5.91 Å². The maximum Gasteiger partial charge on any atom is 0.222 e. The molecule has 0 saturated carbocycles. The molecule has 1 atom stereocenters. The number of piperidine rings is 2.